The van der Waals surface area contributed by atoms with Gasteiger partial charge < -0.3 is 8.98 Å². The molecule has 0 saturated carbocycles. The van der Waals surface area contributed by atoms with Crippen LogP contribution < -0.4 is 10.6 Å². The molecular formula is C42H30N2O. The van der Waals surface area contributed by atoms with Crippen molar-refractivity contribution in [3.8, 4) is 39.2 Å². The lowest BCUT2D eigenvalue weighted by atomic mass is 10.0. The van der Waals surface area contributed by atoms with Gasteiger partial charge in [0.2, 0.25) is 0 Å². The highest BCUT2D eigenvalue weighted by molar-refractivity contribution is 6.06. The van der Waals surface area contributed by atoms with E-state index in [-0.39, 0.29) is 0 Å². The van der Waals surface area contributed by atoms with Gasteiger partial charge in [0.15, 0.2) is 0 Å². The number of fused-ring (bicyclic) bond motifs is 4. The van der Waals surface area contributed by atoms with Crippen LogP contribution in [0.4, 0.5) is 0 Å². The molecule has 3 nitrogen and oxygen atoms in total. The van der Waals surface area contributed by atoms with Crippen molar-refractivity contribution in [1.82, 2.24) is 9.55 Å². The zero-order chi connectivity index (χ0) is 30.3. The van der Waals surface area contributed by atoms with Crippen molar-refractivity contribution in [2.24, 2.45) is 0 Å². The second kappa shape index (κ2) is 11.0. The third-order valence-electron chi connectivity index (χ3n) is 8.56. The van der Waals surface area contributed by atoms with Crippen molar-refractivity contribution in [2.75, 3.05) is 0 Å². The highest BCUT2D eigenvalue weighted by atomic mass is 16.3. The Morgan fingerprint density at radius 2 is 1.31 bits per heavy atom. The number of para-hydroxylation sites is 1. The van der Waals surface area contributed by atoms with Crippen LogP contribution in [0.3, 0.4) is 0 Å². The molecule has 0 aliphatic rings. The molecule has 0 aliphatic carbocycles. The van der Waals surface area contributed by atoms with E-state index < -0.39 is 0 Å². The van der Waals surface area contributed by atoms with Crippen LogP contribution in [-0.4, -0.2) is 9.55 Å². The lowest BCUT2D eigenvalue weighted by Gasteiger charge is -2.10. The van der Waals surface area contributed by atoms with Crippen molar-refractivity contribution >= 4 is 45.5 Å². The molecule has 0 fully saturated rings. The Labute approximate surface area is 261 Å². The first-order chi connectivity index (χ1) is 22.2. The van der Waals surface area contributed by atoms with Gasteiger partial charge in [0.25, 0.3) is 0 Å². The number of pyridine rings is 1. The molecule has 3 heteroatoms. The fourth-order valence-corrected chi connectivity index (χ4v) is 6.28. The largest absolute Gasteiger partial charge is 0.456 e. The summed E-state index contributed by atoms with van der Waals surface area (Å²) in [6.45, 7) is 6.59. The van der Waals surface area contributed by atoms with E-state index in [1.165, 1.54) is 5.56 Å². The molecule has 0 atom stereocenters. The molecular weight excluding hydrogens is 548 g/mol. The number of rotatable bonds is 5. The van der Waals surface area contributed by atoms with E-state index in [1.807, 2.05) is 37.4 Å². The zero-order valence-corrected chi connectivity index (χ0v) is 24.9. The van der Waals surface area contributed by atoms with Gasteiger partial charge in [0, 0.05) is 38.8 Å². The Hall–Kier alpha value is -5.93. The molecule has 0 radical (unpaired) electrons. The van der Waals surface area contributed by atoms with Gasteiger partial charge in [0.1, 0.15) is 11.2 Å². The molecule has 0 N–H and O–H groups in total. The molecule has 3 aromatic heterocycles. The quantitative estimate of drug-likeness (QED) is 0.204. The minimum atomic E-state index is 0.902. The first-order valence-corrected chi connectivity index (χ1v) is 15.2. The second-order valence-corrected chi connectivity index (χ2v) is 11.3. The summed E-state index contributed by atoms with van der Waals surface area (Å²) in [5.74, 6) is 0. The van der Waals surface area contributed by atoms with Crippen LogP contribution >= 0.6 is 0 Å². The Kier molecular flexibility index (Phi) is 6.50. The monoisotopic (exact) mass is 578 g/mol. The fraction of sp³-hybridized carbons (Fsp3) is 0.0238. The van der Waals surface area contributed by atoms with Crippen molar-refractivity contribution < 1.29 is 4.42 Å². The van der Waals surface area contributed by atoms with Crippen molar-refractivity contribution in [1.29, 1.82) is 0 Å². The topological polar surface area (TPSA) is 31.0 Å². The van der Waals surface area contributed by atoms with E-state index in [0.29, 0.717) is 0 Å². The van der Waals surface area contributed by atoms with E-state index in [1.54, 1.807) is 0 Å². The molecule has 0 spiro atoms. The van der Waals surface area contributed by atoms with Gasteiger partial charge in [-0.1, -0.05) is 91.5 Å². The summed E-state index contributed by atoms with van der Waals surface area (Å²) in [6, 6.07) is 44.6. The number of allylic oxidation sites excluding steroid dienone is 2. The average molecular weight is 579 g/mol. The summed E-state index contributed by atoms with van der Waals surface area (Å²) in [6.07, 6.45) is 8.15. The lowest BCUT2D eigenvalue weighted by molar-refractivity contribution is 0.669. The highest BCUT2D eigenvalue weighted by Crippen LogP contribution is 2.33. The SMILES string of the molecule is C=c1/c(=C\C=C/C)n(-c2ccc(-c3cc(-c4ccccc4)ccn3)cc2)c2ccc(-c3ccc4oc5ccccc5c4c3)cc12. The Bertz CT molecular complexity index is 2500. The zero-order valence-electron chi connectivity index (χ0n) is 24.9. The molecule has 0 unspecified atom stereocenters. The molecule has 3 heterocycles. The van der Waals surface area contributed by atoms with Gasteiger partial charge in [0.05, 0.1) is 16.6 Å². The minimum absolute atomic E-state index is 0.902. The fourth-order valence-electron chi connectivity index (χ4n) is 6.28. The van der Waals surface area contributed by atoms with E-state index >= 15 is 0 Å². The normalized spacial score (nSPS) is 12.2. The smallest absolute Gasteiger partial charge is 0.135 e. The number of benzene rings is 5. The molecule has 0 saturated heterocycles. The van der Waals surface area contributed by atoms with Crippen LogP contribution in [0.15, 0.2) is 150 Å². The van der Waals surface area contributed by atoms with Crippen LogP contribution in [0.5, 0.6) is 0 Å². The summed E-state index contributed by atoms with van der Waals surface area (Å²) < 4.78 is 8.37. The maximum atomic E-state index is 6.07. The van der Waals surface area contributed by atoms with E-state index in [9.17, 15) is 0 Å². The van der Waals surface area contributed by atoms with Crippen LogP contribution in [0, 0.1) is 0 Å². The van der Waals surface area contributed by atoms with E-state index in [0.717, 1.165) is 77.0 Å². The highest BCUT2D eigenvalue weighted by Gasteiger charge is 2.13. The second-order valence-electron chi connectivity index (χ2n) is 11.3. The predicted octanol–water partition coefficient (Wildman–Crippen LogP) is 9.69. The molecule has 8 aromatic rings. The first kappa shape index (κ1) is 26.7. The third kappa shape index (κ3) is 4.66. The summed E-state index contributed by atoms with van der Waals surface area (Å²) in [5, 5.41) is 5.45. The molecule has 45 heavy (non-hydrogen) atoms. The van der Waals surface area contributed by atoms with Gasteiger partial charge in [-0.15, -0.1) is 0 Å². The maximum Gasteiger partial charge on any atom is 0.135 e. The number of aromatic nitrogens is 2. The van der Waals surface area contributed by atoms with Crippen molar-refractivity contribution in [3.05, 3.63) is 156 Å². The van der Waals surface area contributed by atoms with E-state index in [4.69, 9.17) is 4.42 Å². The molecule has 214 valence electrons. The standard InChI is InChI=1S/C42H30N2O/c1-3-4-13-39-28(2)36-25-31(32-18-22-42-37(26-32)35-12-8-9-14-41(35)45-42)17-21-40(36)44(39)34-19-15-30(16-20-34)38-27-33(23-24-43-38)29-10-6-5-7-11-29/h3-27H,2H2,1H3/b4-3-,39-13+. The summed E-state index contributed by atoms with van der Waals surface area (Å²) in [4.78, 5) is 4.68. The van der Waals surface area contributed by atoms with Crippen LogP contribution in [-0.2, 0) is 0 Å². The summed E-state index contributed by atoms with van der Waals surface area (Å²) in [5.41, 5.74) is 10.7. The van der Waals surface area contributed by atoms with E-state index in [2.05, 4.69) is 137 Å². The average Bonchev–Trinajstić information content (AvgIpc) is 3.61. The van der Waals surface area contributed by atoms with Crippen molar-refractivity contribution in [2.45, 2.75) is 6.92 Å². The van der Waals surface area contributed by atoms with Gasteiger partial charge in [-0.05, 0) is 89.9 Å². The molecule has 0 amide bonds. The molecule has 5 aromatic carbocycles. The number of hydrogen-bond acceptors (Lipinski definition) is 2. The number of hydrogen-bond donors (Lipinski definition) is 0. The van der Waals surface area contributed by atoms with Crippen LogP contribution in [0.1, 0.15) is 6.92 Å². The minimum Gasteiger partial charge on any atom is -0.456 e. The van der Waals surface area contributed by atoms with Crippen LogP contribution in [0.25, 0.3) is 84.7 Å². The Morgan fingerprint density at radius 1 is 0.622 bits per heavy atom. The van der Waals surface area contributed by atoms with Crippen LogP contribution in [0.2, 0.25) is 0 Å². The molecule has 0 bridgehead atoms. The number of furan rings is 1. The third-order valence-corrected chi connectivity index (χ3v) is 8.56. The molecule has 8 rings (SSSR count). The maximum absolute atomic E-state index is 6.07. The van der Waals surface area contributed by atoms with Gasteiger partial charge in [-0.25, -0.2) is 0 Å². The Balaban J connectivity index is 1.22. The first-order valence-electron chi connectivity index (χ1n) is 15.2. The molecule has 0 aliphatic heterocycles. The summed E-state index contributed by atoms with van der Waals surface area (Å²) in [7, 11) is 0. The Morgan fingerprint density at radius 3 is 2.13 bits per heavy atom. The van der Waals surface area contributed by atoms with Gasteiger partial charge in [-0.3, -0.25) is 4.98 Å². The van der Waals surface area contributed by atoms with Gasteiger partial charge in [-0.2, -0.15) is 0 Å². The lowest BCUT2D eigenvalue weighted by Crippen LogP contribution is -2.26. The van der Waals surface area contributed by atoms with Gasteiger partial charge >= 0.3 is 0 Å². The summed E-state index contributed by atoms with van der Waals surface area (Å²) >= 11 is 0. The number of nitrogens with zero attached hydrogens (tertiary/aromatic N) is 2. The predicted molar refractivity (Wildman–Crippen MR) is 189 cm³/mol. The van der Waals surface area contributed by atoms with Crippen molar-refractivity contribution in [3.63, 3.8) is 0 Å².